The third kappa shape index (κ3) is 1.08. The number of imidazole rings is 1. The lowest BCUT2D eigenvalue weighted by Crippen LogP contribution is -1.95. The van der Waals surface area contributed by atoms with Crippen molar-refractivity contribution in [3.05, 3.63) is 67.0 Å². The number of aromatic nitrogens is 3. The van der Waals surface area contributed by atoms with Crippen molar-refractivity contribution in [3.8, 4) is 0 Å². The second-order valence-corrected chi connectivity index (χ2v) is 5.03. The van der Waals surface area contributed by atoms with E-state index in [9.17, 15) is 0 Å². The normalized spacial score (nSPS) is 12.0. The lowest BCUT2D eigenvalue weighted by molar-refractivity contribution is 1.20. The standard InChI is InChI=1S/C17H11N3/c1-2-6-13-12(5-1)11-16-17-18-9-10-19(17)14-7-3-4-8-15(14)20(13)16/h1-11H. The number of hydrogen-bond donors (Lipinski definition) is 0. The Balaban J connectivity index is 2.27. The van der Waals surface area contributed by atoms with Crippen LogP contribution in [0.2, 0.25) is 0 Å². The van der Waals surface area contributed by atoms with E-state index in [1.54, 1.807) is 0 Å². The van der Waals surface area contributed by atoms with Gasteiger partial charge in [-0.2, -0.15) is 0 Å². The molecule has 3 heterocycles. The van der Waals surface area contributed by atoms with Crippen LogP contribution >= 0.6 is 0 Å². The summed E-state index contributed by atoms with van der Waals surface area (Å²) in [4.78, 5) is 4.53. The van der Waals surface area contributed by atoms with Crippen molar-refractivity contribution in [2.45, 2.75) is 0 Å². The summed E-state index contributed by atoms with van der Waals surface area (Å²) in [7, 11) is 0. The smallest absolute Gasteiger partial charge is 0.161 e. The van der Waals surface area contributed by atoms with E-state index in [0.717, 1.165) is 11.2 Å². The second kappa shape index (κ2) is 3.39. The van der Waals surface area contributed by atoms with Gasteiger partial charge in [0.05, 0.1) is 22.1 Å². The molecule has 5 rings (SSSR count). The van der Waals surface area contributed by atoms with Crippen LogP contribution in [0.25, 0.3) is 33.1 Å². The van der Waals surface area contributed by atoms with Gasteiger partial charge in [-0.3, -0.25) is 4.40 Å². The molecule has 5 aromatic rings. The van der Waals surface area contributed by atoms with Crippen LogP contribution < -0.4 is 0 Å². The van der Waals surface area contributed by atoms with Gasteiger partial charge in [-0.25, -0.2) is 4.98 Å². The quantitative estimate of drug-likeness (QED) is 0.412. The molecule has 3 heteroatoms. The fourth-order valence-corrected chi connectivity index (χ4v) is 3.12. The summed E-state index contributed by atoms with van der Waals surface area (Å²) in [6.07, 6.45) is 3.88. The zero-order chi connectivity index (χ0) is 13.1. The summed E-state index contributed by atoms with van der Waals surface area (Å²) < 4.78 is 4.45. The van der Waals surface area contributed by atoms with Crippen molar-refractivity contribution in [2.24, 2.45) is 0 Å². The van der Waals surface area contributed by atoms with Crippen LogP contribution in [0.1, 0.15) is 0 Å². The topological polar surface area (TPSA) is 21.7 Å². The molecule has 3 aromatic heterocycles. The summed E-state index contributed by atoms with van der Waals surface area (Å²) in [5, 5.41) is 1.24. The Labute approximate surface area is 114 Å². The van der Waals surface area contributed by atoms with E-state index >= 15 is 0 Å². The molecule has 0 saturated heterocycles. The summed E-state index contributed by atoms with van der Waals surface area (Å²) in [6, 6.07) is 19.1. The van der Waals surface area contributed by atoms with Gasteiger partial charge in [0.15, 0.2) is 5.65 Å². The van der Waals surface area contributed by atoms with Crippen LogP contribution in [0.4, 0.5) is 0 Å². The van der Waals surface area contributed by atoms with Gasteiger partial charge in [0, 0.05) is 17.8 Å². The van der Waals surface area contributed by atoms with E-state index < -0.39 is 0 Å². The largest absolute Gasteiger partial charge is 0.304 e. The van der Waals surface area contributed by atoms with Gasteiger partial charge < -0.3 is 4.40 Å². The monoisotopic (exact) mass is 257 g/mol. The van der Waals surface area contributed by atoms with E-state index in [-0.39, 0.29) is 0 Å². The number of rotatable bonds is 0. The lowest BCUT2D eigenvalue weighted by Gasteiger charge is -2.07. The van der Waals surface area contributed by atoms with Crippen LogP contribution in [0, 0.1) is 0 Å². The molecule has 0 spiro atoms. The van der Waals surface area contributed by atoms with Crippen molar-refractivity contribution < 1.29 is 0 Å². The predicted octanol–water partition coefficient (Wildman–Crippen LogP) is 3.89. The van der Waals surface area contributed by atoms with E-state index in [2.05, 4.69) is 68.4 Å². The number of benzene rings is 2. The van der Waals surface area contributed by atoms with Crippen molar-refractivity contribution in [3.63, 3.8) is 0 Å². The SMILES string of the molecule is c1ccc2c(c1)cc1c3nccn3c3ccccc3n21. The molecular formula is C17H11N3. The van der Waals surface area contributed by atoms with Crippen molar-refractivity contribution in [1.82, 2.24) is 13.8 Å². The number of para-hydroxylation sites is 3. The third-order valence-corrected chi connectivity index (χ3v) is 3.96. The van der Waals surface area contributed by atoms with Crippen LogP contribution in [0.5, 0.6) is 0 Å². The fraction of sp³-hybridized carbons (Fsp3) is 0. The van der Waals surface area contributed by atoms with E-state index in [0.29, 0.717) is 0 Å². The molecule has 0 aliphatic heterocycles. The Hall–Kier alpha value is -2.81. The van der Waals surface area contributed by atoms with E-state index in [1.165, 1.54) is 21.9 Å². The molecule has 0 bridgehead atoms. The van der Waals surface area contributed by atoms with Gasteiger partial charge in [0.1, 0.15) is 0 Å². The minimum Gasteiger partial charge on any atom is -0.304 e. The maximum Gasteiger partial charge on any atom is 0.161 e. The summed E-state index contributed by atoms with van der Waals surface area (Å²) in [5.74, 6) is 0. The molecule has 0 fully saturated rings. The number of hydrogen-bond acceptors (Lipinski definition) is 1. The lowest BCUT2D eigenvalue weighted by atomic mass is 10.2. The van der Waals surface area contributed by atoms with E-state index in [4.69, 9.17) is 0 Å². The molecule has 94 valence electrons. The summed E-state index contributed by atoms with van der Waals surface area (Å²) in [5.41, 5.74) is 5.75. The van der Waals surface area contributed by atoms with Gasteiger partial charge in [-0.05, 0) is 24.3 Å². The Kier molecular flexibility index (Phi) is 1.70. The van der Waals surface area contributed by atoms with Crippen LogP contribution in [-0.4, -0.2) is 13.8 Å². The minimum atomic E-state index is 1.000. The molecule has 0 aliphatic rings. The molecule has 3 nitrogen and oxygen atoms in total. The van der Waals surface area contributed by atoms with Gasteiger partial charge in [0.25, 0.3) is 0 Å². The first-order valence-electron chi connectivity index (χ1n) is 6.67. The zero-order valence-corrected chi connectivity index (χ0v) is 10.7. The zero-order valence-electron chi connectivity index (χ0n) is 10.7. The van der Waals surface area contributed by atoms with Gasteiger partial charge in [-0.1, -0.05) is 30.3 Å². The first kappa shape index (κ1) is 10.0. The molecule has 0 atom stereocenters. The van der Waals surface area contributed by atoms with E-state index in [1.807, 2.05) is 12.4 Å². The fourth-order valence-electron chi connectivity index (χ4n) is 3.12. The van der Waals surface area contributed by atoms with Crippen LogP contribution in [0.3, 0.4) is 0 Å². The predicted molar refractivity (Wildman–Crippen MR) is 81.2 cm³/mol. The third-order valence-electron chi connectivity index (χ3n) is 3.96. The van der Waals surface area contributed by atoms with Gasteiger partial charge in [-0.15, -0.1) is 0 Å². The molecular weight excluding hydrogens is 246 g/mol. The van der Waals surface area contributed by atoms with Crippen molar-refractivity contribution in [2.75, 3.05) is 0 Å². The van der Waals surface area contributed by atoms with Crippen molar-refractivity contribution in [1.29, 1.82) is 0 Å². The highest BCUT2D eigenvalue weighted by Crippen LogP contribution is 2.28. The number of fused-ring (bicyclic) bond motifs is 8. The Bertz CT molecular complexity index is 1090. The minimum absolute atomic E-state index is 1.000. The van der Waals surface area contributed by atoms with Crippen LogP contribution in [-0.2, 0) is 0 Å². The molecule has 20 heavy (non-hydrogen) atoms. The highest BCUT2D eigenvalue weighted by Gasteiger charge is 2.11. The van der Waals surface area contributed by atoms with Crippen LogP contribution in [0.15, 0.2) is 67.0 Å². The second-order valence-electron chi connectivity index (χ2n) is 5.03. The average molecular weight is 257 g/mol. The molecule has 0 saturated carbocycles. The molecule has 0 radical (unpaired) electrons. The molecule has 0 amide bonds. The van der Waals surface area contributed by atoms with Crippen molar-refractivity contribution >= 4 is 33.1 Å². The maximum atomic E-state index is 4.53. The molecule has 0 aliphatic carbocycles. The van der Waals surface area contributed by atoms with Gasteiger partial charge in [0.2, 0.25) is 0 Å². The Morgan fingerprint density at radius 1 is 0.750 bits per heavy atom. The maximum absolute atomic E-state index is 4.53. The Morgan fingerprint density at radius 3 is 2.40 bits per heavy atom. The molecule has 0 unspecified atom stereocenters. The first-order valence-corrected chi connectivity index (χ1v) is 6.67. The van der Waals surface area contributed by atoms with Gasteiger partial charge >= 0.3 is 0 Å². The Morgan fingerprint density at radius 2 is 1.50 bits per heavy atom. The number of nitrogens with zero attached hydrogens (tertiary/aromatic N) is 3. The highest BCUT2D eigenvalue weighted by atomic mass is 15.1. The summed E-state index contributed by atoms with van der Waals surface area (Å²) in [6.45, 7) is 0. The first-order chi connectivity index (χ1) is 9.93. The summed E-state index contributed by atoms with van der Waals surface area (Å²) >= 11 is 0. The average Bonchev–Trinajstić information content (AvgIpc) is 3.12. The molecule has 2 aromatic carbocycles. The highest BCUT2D eigenvalue weighted by molar-refractivity contribution is 5.98. The molecule has 0 N–H and O–H groups in total.